The van der Waals surface area contributed by atoms with Crippen LogP contribution in [0.15, 0.2) is 0 Å². The Bertz CT molecular complexity index is 244. The van der Waals surface area contributed by atoms with Gasteiger partial charge in [-0.05, 0) is 6.42 Å². The summed E-state index contributed by atoms with van der Waals surface area (Å²) in [6.45, 7) is 5.31. The van der Waals surface area contributed by atoms with Gasteiger partial charge in [-0.15, -0.1) is 17.0 Å². The Morgan fingerprint density at radius 2 is 1.12 bits per heavy atom. The fraction of sp³-hybridized carbons (Fsp3) is 1.00. The molecule has 0 aliphatic carbocycles. The van der Waals surface area contributed by atoms with Gasteiger partial charge in [0.1, 0.15) is 0 Å². The Balaban J connectivity index is 0.00000576. The van der Waals surface area contributed by atoms with Crippen molar-refractivity contribution in [3.05, 3.63) is 0 Å². The molecule has 0 spiro atoms. The van der Waals surface area contributed by atoms with E-state index in [0.29, 0.717) is 6.10 Å². The van der Waals surface area contributed by atoms with Crippen LogP contribution in [-0.2, 0) is 4.74 Å². The minimum Gasteiger partial charge on any atom is -0.376 e. The van der Waals surface area contributed by atoms with Crippen molar-refractivity contribution < 1.29 is 4.74 Å². The number of unbranched alkanes of at least 4 members (excludes halogenated alkanes) is 15. The summed E-state index contributed by atoms with van der Waals surface area (Å²) in [6.07, 6.45) is 24.9. The van der Waals surface area contributed by atoms with E-state index in [1.165, 1.54) is 109 Å². The minimum absolute atomic E-state index is 0. The fourth-order valence-corrected chi connectivity index (χ4v) is 3.73. The summed E-state index contributed by atoms with van der Waals surface area (Å²) < 4.78 is 5.74. The first-order valence-electron chi connectivity index (χ1n) is 11.3. The maximum absolute atomic E-state index is 5.74. The topological polar surface area (TPSA) is 21.3 Å². The molecule has 0 saturated carbocycles. The lowest BCUT2D eigenvalue weighted by atomic mass is 10.0. The zero-order valence-electron chi connectivity index (χ0n) is 17.0. The summed E-state index contributed by atoms with van der Waals surface area (Å²) in [7, 11) is 0. The van der Waals surface area contributed by atoms with Gasteiger partial charge in [0.2, 0.25) is 0 Å². The number of nitrogens with one attached hydrogen (secondary N) is 1. The Labute approximate surface area is 169 Å². The highest BCUT2D eigenvalue weighted by molar-refractivity contribution is 8.93. The van der Waals surface area contributed by atoms with Crippen LogP contribution in [-0.4, -0.2) is 25.8 Å². The molecule has 1 rings (SSSR count). The van der Waals surface area contributed by atoms with Gasteiger partial charge in [0, 0.05) is 13.1 Å². The predicted octanol–water partition coefficient (Wildman–Crippen LogP) is 7.20. The van der Waals surface area contributed by atoms with Crippen molar-refractivity contribution in [1.29, 1.82) is 0 Å². The third kappa shape index (κ3) is 17.6. The second kappa shape index (κ2) is 20.7. The molecule has 0 aromatic carbocycles. The van der Waals surface area contributed by atoms with Crippen molar-refractivity contribution in [1.82, 2.24) is 5.32 Å². The minimum atomic E-state index is 0. The van der Waals surface area contributed by atoms with Gasteiger partial charge in [0.05, 0.1) is 12.7 Å². The molecule has 25 heavy (non-hydrogen) atoms. The molecule has 152 valence electrons. The first-order chi connectivity index (χ1) is 11.9. The summed E-state index contributed by atoms with van der Waals surface area (Å²) in [5.41, 5.74) is 0. The van der Waals surface area contributed by atoms with E-state index in [1.807, 2.05) is 0 Å². The fourth-order valence-electron chi connectivity index (χ4n) is 3.73. The molecular weight excluding hydrogens is 374 g/mol. The van der Waals surface area contributed by atoms with E-state index in [0.717, 1.165) is 19.7 Å². The van der Waals surface area contributed by atoms with Crippen molar-refractivity contribution in [2.24, 2.45) is 0 Å². The second-order valence-electron chi connectivity index (χ2n) is 7.79. The van der Waals surface area contributed by atoms with Gasteiger partial charge in [-0.3, -0.25) is 0 Å². The van der Waals surface area contributed by atoms with Gasteiger partial charge in [-0.2, -0.15) is 0 Å². The van der Waals surface area contributed by atoms with E-state index in [9.17, 15) is 0 Å². The predicted molar refractivity (Wildman–Crippen MR) is 117 cm³/mol. The lowest BCUT2D eigenvalue weighted by molar-refractivity contribution is 0.0220. The number of hydrogen-bond acceptors (Lipinski definition) is 2. The average molecular weight is 421 g/mol. The second-order valence-corrected chi connectivity index (χ2v) is 7.79. The summed E-state index contributed by atoms with van der Waals surface area (Å²) >= 11 is 0. The largest absolute Gasteiger partial charge is 0.376 e. The number of morpholine rings is 1. The molecule has 1 aliphatic heterocycles. The van der Waals surface area contributed by atoms with Gasteiger partial charge < -0.3 is 10.1 Å². The normalized spacial score (nSPS) is 17.4. The van der Waals surface area contributed by atoms with Crippen LogP contribution in [0.5, 0.6) is 0 Å². The molecule has 0 radical (unpaired) electrons. The van der Waals surface area contributed by atoms with Gasteiger partial charge in [-0.1, -0.05) is 110 Å². The smallest absolute Gasteiger partial charge is 0.0700 e. The summed E-state index contributed by atoms with van der Waals surface area (Å²) in [4.78, 5) is 0. The monoisotopic (exact) mass is 419 g/mol. The average Bonchev–Trinajstić information content (AvgIpc) is 2.62. The molecule has 0 aromatic rings. The maximum atomic E-state index is 5.74. The van der Waals surface area contributed by atoms with Crippen LogP contribution in [0.25, 0.3) is 0 Å². The van der Waals surface area contributed by atoms with Gasteiger partial charge in [0.25, 0.3) is 0 Å². The number of rotatable bonds is 17. The number of ether oxygens (including phenoxy) is 1. The van der Waals surface area contributed by atoms with Crippen LogP contribution >= 0.6 is 17.0 Å². The SMILES string of the molecule is Br.CCCCCCCCCCCCCCCCCCC1CNCCO1. The summed E-state index contributed by atoms with van der Waals surface area (Å²) in [5.74, 6) is 0. The highest BCUT2D eigenvalue weighted by Gasteiger charge is 2.11. The van der Waals surface area contributed by atoms with Crippen molar-refractivity contribution in [3.63, 3.8) is 0 Å². The van der Waals surface area contributed by atoms with E-state index in [-0.39, 0.29) is 17.0 Å². The zero-order chi connectivity index (χ0) is 17.1. The maximum Gasteiger partial charge on any atom is 0.0700 e. The molecule has 1 heterocycles. The van der Waals surface area contributed by atoms with E-state index >= 15 is 0 Å². The van der Waals surface area contributed by atoms with Gasteiger partial charge >= 0.3 is 0 Å². The Morgan fingerprint density at radius 1 is 0.680 bits per heavy atom. The van der Waals surface area contributed by atoms with Crippen molar-refractivity contribution in [2.75, 3.05) is 19.7 Å². The van der Waals surface area contributed by atoms with Crippen LogP contribution in [0.3, 0.4) is 0 Å². The first-order valence-corrected chi connectivity index (χ1v) is 11.3. The van der Waals surface area contributed by atoms with Crippen LogP contribution < -0.4 is 5.32 Å². The molecule has 0 aromatic heterocycles. The van der Waals surface area contributed by atoms with E-state index in [1.54, 1.807) is 0 Å². The summed E-state index contributed by atoms with van der Waals surface area (Å²) in [6, 6.07) is 0. The number of hydrogen-bond donors (Lipinski definition) is 1. The zero-order valence-corrected chi connectivity index (χ0v) is 18.7. The number of halogens is 1. The Morgan fingerprint density at radius 3 is 1.52 bits per heavy atom. The quantitative estimate of drug-likeness (QED) is 0.251. The molecule has 1 atom stereocenters. The molecule has 1 aliphatic rings. The molecule has 1 fully saturated rings. The third-order valence-corrected chi connectivity index (χ3v) is 5.38. The molecule has 1 N–H and O–H groups in total. The first kappa shape index (κ1) is 25.4. The standard InChI is InChI=1S/C22H45NO.BrH/c1-2-3-4-5-6-7-8-9-10-11-12-13-14-15-16-17-18-22-21-23-19-20-24-22;/h22-23H,2-21H2,1H3;1H. The van der Waals surface area contributed by atoms with E-state index in [2.05, 4.69) is 12.2 Å². The lowest BCUT2D eigenvalue weighted by Gasteiger charge is -2.23. The molecule has 3 heteroatoms. The van der Waals surface area contributed by atoms with Crippen LogP contribution in [0.4, 0.5) is 0 Å². The highest BCUT2D eigenvalue weighted by atomic mass is 79.9. The molecule has 0 bridgehead atoms. The Hall–Kier alpha value is 0.400. The van der Waals surface area contributed by atoms with Crippen molar-refractivity contribution in [2.45, 2.75) is 122 Å². The highest BCUT2D eigenvalue weighted by Crippen LogP contribution is 2.15. The van der Waals surface area contributed by atoms with Gasteiger partial charge in [0.15, 0.2) is 0 Å². The van der Waals surface area contributed by atoms with Crippen molar-refractivity contribution in [3.8, 4) is 0 Å². The van der Waals surface area contributed by atoms with Crippen molar-refractivity contribution >= 4 is 17.0 Å². The van der Waals surface area contributed by atoms with E-state index in [4.69, 9.17) is 4.74 Å². The molecule has 1 unspecified atom stereocenters. The van der Waals surface area contributed by atoms with Crippen LogP contribution in [0.2, 0.25) is 0 Å². The molecule has 0 amide bonds. The van der Waals surface area contributed by atoms with Gasteiger partial charge in [-0.25, -0.2) is 0 Å². The molecular formula is C22H46BrNO. The van der Waals surface area contributed by atoms with Crippen LogP contribution in [0, 0.1) is 0 Å². The van der Waals surface area contributed by atoms with Crippen LogP contribution in [0.1, 0.15) is 116 Å². The molecule has 1 saturated heterocycles. The summed E-state index contributed by atoms with van der Waals surface area (Å²) in [5, 5.41) is 3.41. The van der Waals surface area contributed by atoms with E-state index < -0.39 is 0 Å². The molecule has 2 nitrogen and oxygen atoms in total. The lowest BCUT2D eigenvalue weighted by Crippen LogP contribution is -2.38. The third-order valence-electron chi connectivity index (χ3n) is 5.38. The Kier molecular flexibility index (Phi) is 21.0.